The maximum absolute atomic E-state index is 12.4. The third-order valence-electron chi connectivity index (χ3n) is 6.01. The lowest BCUT2D eigenvalue weighted by Gasteiger charge is -2.19. The Balaban J connectivity index is 0.00000560. The Morgan fingerprint density at radius 3 is 2.02 bits per heavy atom. The van der Waals surface area contributed by atoms with Crippen molar-refractivity contribution in [2.75, 3.05) is 11.9 Å². The van der Waals surface area contributed by atoms with Gasteiger partial charge in [-0.15, -0.1) is 0 Å². The van der Waals surface area contributed by atoms with Gasteiger partial charge in [0.05, 0.1) is 12.6 Å². The minimum Gasteiger partial charge on any atom is -0.391 e. The van der Waals surface area contributed by atoms with Crippen molar-refractivity contribution >= 4 is 23.4 Å². The number of carbonyl (C=O) groups excluding carboxylic acids is 3. The Morgan fingerprint density at radius 2 is 1.48 bits per heavy atom. The van der Waals surface area contributed by atoms with E-state index in [0.717, 1.165) is 11.1 Å². The minimum absolute atomic E-state index is 0. The molecule has 2 atom stereocenters. The van der Waals surface area contributed by atoms with Crippen LogP contribution in [0.3, 0.4) is 0 Å². The molecule has 0 saturated carbocycles. The molecular formula is C31H36N4O5. The third-order valence-corrected chi connectivity index (χ3v) is 6.01. The van der Waals surface area contributed by atoms with E-state index in [1.807, 2.05) is 6.07 Å². The number of benzene rings is 3. The van der Waals surface area contributed by atoms with Gasteiger partial charge in [-0.1, -0.05) is 37.5 Å². The highest BCUT2D eigenvalue weighted by molar-refractivity contribution is 5.97. The van der Waals surface area contributed by atoms with Crippen LogP contribution in [0.5, 0.6) is 0 Å². The first-order valence-corrected chi connectivity index (χ1v) is 12.4. The van der Waals surface area contributed by atoms with E-state index < -0.39 is 24.0 Å². The molecule has 0 spiro atoms. The average Bonchev–Trinajstić information content (AvgIpc) is 2.93. The molecule has 9 nitrogen and oxygen atoms in total. The van der Waals surface area contributed by atoms with Crippen LogP contribution in [0.25, 0.3) is 0 Å². The van der Waals surface area contributed by atoms with Crippen molar-refractivity contribution in [3.63, 3.8) is 0 Å². The summed E-state index contributed by atoms with van der Waals surface area (Å²) in [4.78, 5) is 36.2. The molecule has 210 valence electrons. The maximum Gasteiger partial charge on any atom is 0.268 e. The summed E-state index contributed by atoms with van der Waals surface area (Å²) in [5, 5.41) is 26.8. The first-order chi connectivity index (χ1) is 18.7. The van der Waals surface area contributed by atoms with Crippen molar-refractivity contribution in [3.8, 4) is 11.8 Å². The van der Waals surface area contributed by atoms with Crippen LogP contribution in [0.1, 0.15) is 52.5 Å². The monoisotopic (exact) mass is 544 g/mol. The van der Waals surface area contributed by atoms with Gasteiger partial charge in [0.25, 0.3) is 11.8 Å². The van der Waals surface area contributed by atoms with Gasteiger partial charge in [-0.05, 0) is 86.0 Å². The number of aliphatic hydroxyl groups excluding tert-OH is 1. The highest BCUT2D eigenvalue weighted by Gasteiger charge is 2.25. The number of hydrogen-bond acceptors (Lipinski definition) is 6. The van der Waals surface area contributed by atoms with E-state index >= 15 is 0 Å². The fraction of sp³-hybridized carbons (Fsp3) is 0.258. The summed E-state index contributed by atoms with van der Waals surface area (Å²) in [5.41, 5.74) is 7.35. The lowest BCUT2D eigenvalue weighted by Crippen LogP contribution is -2.51. The molecule has 0 heterocycles. The number of nitrogens with one attached hydrogen (secondary N) is 4. The molecular weight excluding hydrogens is 508 g/mol. The number of aliphatic hydroxyl groups is 1. The summed E-state index contributed by atoms with van der Waals surface area (Å²) in [6.45, 7) is 6.26. The normalized spacial score (nSPS) is 11.6. The maximum atomic E-state index is 12.4. The zero-order chi connectivity index (χ0) is 28.4. The fourth-order valence-corrected chi connectivity index (χ4v) is 3.62. The van der Waals surface area contributed by atoms with E-state index in [1.54, 1.807) is 48.5 Å². The van der Waals surface area contributed by atoms with E-state index in [4.69, 9.17) is 5.21 Å². The minimum atomic E-state index is -1.30. The van der Waals surface area contributed by atoms with Crippen molar-refractivity contribution in [1.29, 1.82) is 0 Å². The number of rotatable bonds is 9. The van der Waals surface area contributed by atoms with Gasteiger partial charge in [0.15, 0.2) is 0 Å². The van der Waals surface area contributed by atoms with Crippen LogP contribution < -0.4 is 21.4 Å². The Labute approximate surface area is 235 Å². The Bertz CT molecular complexity index is 1370. The molecule has 0 radical (unpaired) electrons. The first-order valence-electron chi connectivity index (χ1n) is 12.4. The molecule has 3 amide bonds. The summed E-state index contributed by atoms with van der Waals surface area (Å²) in [6.07, 6.45) is -1.20. The van der Waals surface area contributed by atoms with Gasteiger partial charge in [0, 0.05) is 28.9 Å². The number of amides is 3. The van der Waals surface area contributed by atoms with Gasteiger partial charge in [-0.3, -0.25) is 19.6 Å². The molecule has 0 fully saturated rings. The van der Waals surface area contributed by atoms with Crippen LogP contribution in [0.4, 0.5) is 5.69 Å². The molecule has 0 aromatic heterocycles. The smallest absolute Gasteiger partial charge is 0.268 e. The SMILES string of the molecule is C.Cc1ccc(CNCC(=O)Nc2ccc(C#Cc3ccc(C(=O)N[C@H](C(=O)NO)[C@@H](C)O)cc3)cc2)cc1C. The number of hydrogen-bond donors (Lipinski definition) is 6. The Morgan fingerprint density at radius 1 is 0.875 bits per heavy atom. The van der Waals surface area contributed by atoms with Gasteiger partial charge >= 0.3 is 0 Å². The molecule has 0 unspecified atom stereocenters. The second-order valence-electron chi connectivity index (χ2n) is 9.14. The van der Waals surface area contributed by atoms with Crippen molar-refractivity contribution in [3.05, 3.63) is 100 Å². The molecule has 40 heavy (non-hydrogen) atoms. The largest absolute Gasteiger partial charge is 0.391 e. The highest BCUT2D eigenvalue weighted by atomic mass is 16.5. The quantitative estimate of drug-likeness (QED) is 0.139. The standard InChI is InChI=1S/C30H32N4O5.CH4/c1-19-4-5-24(16-20(19)2)17-31-18-27(36)32-26-14-10-23(11-15-26)7-6-22-8-12-25(13-9-22)29(37)33-28(21(3)35)30(38)34-39;/h4-5,8-16,21,28,31,35,39H,17-18H2,1-3H3,(H,32,36)(H,33,37)(H,34,38);1H4/t21-,28+;/m1./s1. The predicted octanol–water partition coefficient (Wildman–Crippen LogP) is 3.05. The van der Waals surface area contributed by atoms with Gasteiger partial charge < -0.3 is 21.1 Å². The molecule has 6 N–H and O–H groups in total. The summed E-state index contributed by atoms with van der Waals surface area (Å²) in [6, 6.07) is 18.5. The van der Waals surface area contributed by atoms with Crippen molar-refractivity contribution in [2.45, 2.75) is 46.9 Å². The highest BCUT2D eigenvalue weighted by Crippen LogP contribution is 2.11. The molecule has 3 rings (SSSR count). The van der Waals surface area contributed by atoms with E-state index in [1.165, 1.54) is 23.5 Å². The summed E-state index contributed by atoms with van der Waals surface area (Å²) in [7, 11) is 0. The van der Waals surface area contributed by atoms with E-state index in [2.05, 4.69) is 53.8 Å². The summed E-state index contributed by atoms with van der Waals surface area (Å²) >= 11 is 0. The summed E-state index contributed by atoms with van der Waals surface area (Å²) in [5.74, 6) is 4.40. The lowest BCUT2D eigenvalue weighted by atomic mass is 10.1. The van der Waals surface area contributed by atoms with E-state index in [9.17, 15) is 19.5 Å². The van der Waals surface area contributed by atoms with Crippen molar-refractivity contribution in [2.24, 2.45) is 0 Å². The number of hydroxylamine groups is 1. The van der Waals surface area contributed by atoms with E-state index in [-0.39, 0.29) is 25.4 Å². The average molecular weight is 545 g/mol. The molecule has 3 aromatic rings. The van der Waals surface area contributed by atoms with Crippen LogP contribution in [0, 0.1) is 25.7 Å². The van der Waals surface area contributed by atoms with Crippen LogP contribution >= 0.6 is 0 Å². The molecule has 3 aromatic carbocycles. The van der Waals surface area contributed by atoms with E-state index in [0.29, 0.717) is 17.8 Å². The Hall–Kier alpha value is -4.49. The third kappa shape index (κ3) is 9.36. The van der Waals surface area contributed by atoms with Crippen LogP contribution in [0.2, 0.25) is 0 Å². The molecule has 0 aliphatic rings. The van der Waals surface area contributed by atoms with Crippen LogP contribution in [-0.4, -0.2) is 46.7 Å². The molecule has 0 aliphatic carbocycles. The van der Waals surface area contributed by atoms with Gasteiger partial charge in [0.2, 0.25) is 5.91 Å². The first kappa shape index (κ1) is 31.7. The molecule has 0 bridgehead atoms. The second-order valence-corrected chi connectivity index (χ2v) is 9.14. The predicted molar refractivity (Wildman–Crippen MR) is 155 cm³/mol. The molecule has 0 aliphatic heterocycles. The molecule has 9 heteroatoms. The lowest BCUT2D eigenvalue weighted by molar-refractivity contribution is -0.133. The van der Waals surface area contributed by atoms with Crippen LogP contribution in [0.15, 0.2) is 66.7 Å². The zero-order valence-electron chi connectivity index (χ0n) is 22.0. The van der Waals surface area contributed by atoms with Crippen molar-refractivity contribution < 1.29 is 24.7 Å². The van der Waals surface area contributed by atoms with Gasteiger partial charge in [-0.25, -0.2) is 5.48 Å². The number of carbonyl (C=O) groups is 3. The number of aryl methyl sites for hydroxylation is 2. The van der Waals surface area contributed by atoms with Gasteiger partial charge in [-0.2, -0.15) is 0 Å². The molecule has 0 saturated heterocycles. The zero-order valence-corrected chi connectivity index (χ0v) is 22.0. The van der Waals surface area contributed by atoms with Crippen LogP contribution in [-0.2, 0) is 16.1 Å². The topological polar surface area (TPSA) is 140 Å². The number of anilines is 1. The second kappa shape index (κ2) is 15.2. The fourth-order valence-electron chi connectivity index (χ4n) is 3.62. The summed E-state index contributed by atoms with van der Waals surface area (Å²) < 4.78 is 0. The Kier molecular flexibility index (Phi) is 12.0. The van der Waals surface area contributed by atoms with Gasteiger partial charge in [0.1, 0.15) is 6.04 Å². The van der Waals surface area contributed by atoms with Crippen molar-refractivity contribution in [1.82, 2.24) is 16.1 Å².